The fraction of sp³-hybridized carbons (Fsp3) is 0.133. The number of hydrogen-bond acceptors (Lipinski definition) is 4. The average Bonchev–Trinajstić information content (AvgIpc) is 2.91. The summed E-state index contributed by atoms with van der Waals surface area (Å²) in [5.74, 6) is -0.139. The summed E-state index contributed by atoms with van der Waals surface area (Å²) in [5.41, 5.74) is 0.887. The van der Waals surface area contributed by atoms with Crippen LogP contribution in [0.3, 0.4) is 0 Å². The molecule has 3 nitrogen and oxygen atoms in total. The zero-order valence-electron chi connectivity index (χ0n) is 10.9. The van der Waals surface area contributed by atoms with Gasteiger partial charge in [0.05, 0.1) is 0 Å². The van der Waals surface area contributed by atoms with Gasteiger partial charge in [0.25, 0.3) is 0 Å². The summed E-state index contributed by atoms with van der Waals surface area (Å²) in [6, 6.07) is 9.79. The normalized spacial score (nSPS) is 10.8. The fourth-order valence-electron chi connectivity index (χ4n) is 1.60. The average molecular weight is 306 g/mol. The van der Waals surface area contributed by atoms with Gasteiger partial charge in [0.1, 0.15) is 12.4 Å². The van der Waals surface area contributed by atoms with E-state index in [1.165, 1.54) is 4.90 Å². The van der Waals surface area contributed by atoms with Crippen LogP contribution in [0.5, 0.6) is 5.75 Å². The van der Waals surface area contributed by atoms with Crippen molar-refractivity contribution in [1.82, 2.24) is 0 Å². The van der Waals surface area contributed by atoms with Gasteiger partial charge in [-0.25, -0.2) is 4.79 Å². The molecule has 1 N–H and O–H groups in total. The molecule has 1 aromatic carbocycles. The van der Waals surface area contributed by atoms with Crippen LogP contribution in [-0.2, 0) is 11.4 Å². The fourth-order valence-corrected chi connectivity index (χ4v) is 2.78. The molecule has 2 rings (SSSR count). The van der Waals surface area contributed by atoms with Crippen LogP contribution in [-0.4, -0.2) is 17.3 Å². The van der Waals surface area contributed by atoms with Crippen LogP contribution >= 0.6 is 23.1 Å². The van der Waals surface area contributed by atoms with Crippen LogP contribution in [0.25, 0.3) is 6.08 Å². The van der Waals surface area contributed by atoms with E-state index in [-0.39, 0.29) is 0 Å². The number of carbonyl (C=O) groups is 1. The maximum absolute atomic E-state index is 10.5. The van der Waals surface area contributed by atoms with Crippen molar-refractivity contribution in [1.29, 1.82) is 0 Å². The zero-order valence-corrected chi connectivity index (χ0v) is 12.5. The monoisotopic (exact) mass is 306 g/mol. The number of carboxylic acids is 1. The van der Waals surface area contributed by atoms with Gasteiger partial charge in [-0.15, -0.1) is 23.1 Å². The molecule has 0 spiro atoms. The van der Waals surface area contributed by atoms with E-state index in [1.807, 2.05) is 42.0 Å². The Bertz CT molecular complexity index is 600. The van der Waals surface area contributed by atoms with Crippen LogP contribution in [0.15, 0.2) is 46.7 Å². The van der Waals surface area contributed by atoms with Crippen molar-refractivity contribution in [3.05, 3.63) is 52.2 Å². The predicted octanol–water partition coefficient (Wildman–Crippen LogP) is 4.15. The molecule has 5 heteroatoms. The number of thioether (sulfide) groups is 1. The Morgan fingerprint density at radius 2 is 2.10 bits per heavy atom. The van der Waals surface area contributed by atoms with Crippen molar-refractivity contribution in [3.63, 3.8) is 0 Å². The molecule has 2 aromatic rings. The van der Waals surface area contributed by atoms with E-state index >= 15 is 0 Å². The number of ether oxygens (including phenoxy) is 1. The number of hydrogen-bond donors (Lipinski definition) is 1. The summed E-state index contributed by atoms with van der Waals surface area (Å²) in [6.45, 7) is 0.440. The van der Waals surface area contributed by atoms with Gasteiger partial charge in [-0.2, -0.15) is 0 Å². The molecule has 104 valence electrons. The van der Waals surface area contributed by atoms with Crippen LogP contribution in [0.2, 0.25) is 0 Å². The van der Waals surface area contributed by atoms with E-state index in [2.05, 4.69) is 0 Å². The minimum Gasteiger partial charge on any atom is -0.488 e. The van der Waals surface area contributed by atoms with Crippen LogP contribution in [0, 0.1) is 0 Å². The van der Waals surface area contributed by atoms with E-state index < -0.39 is 5.97 Å². The zero-order chi connectivity index (χ0) is 14.4. The summed E-state index contributed by atoms with van der Waals surface area (Å²) in [6.07, 6.45) is 4.76. The lowest BCUT2D eigenvalue weighted by atomic mass is 10.2. The molecule has 1 aromatic heterocycles. The van der Waals surface area contributed by atoms with Crippen molar-refractivity contribution in [2.45, 2.75) is 11.5 Å². The Hall–Kier alpha value is -1.72. The molecule has 0 aliphatic heterocycles. The molecule has 0 atom stereocenters. The smallest absolute Gasteiger partial charge is 0.328 e. The molecule has 20 heavy (non-hydrogen) atoms. The lowest BCUT2D eigenvalue weighted by Crippen LogP contribution is -1.94. The van der Waals surface area contributed by atoms with E-state index in [4.69, 9.17) is 9.84 Å². The standard InChI is InChI=1S/C15H14O3S2/c1-19-13-5-3-12(4-6-13)18-10-14-11(8-9-20-14)2-7-15(16)17/h2-9H,10H2,1H3,(H,16,17). The van der Waals surface area contributed by atoms with E-state index in [1.54, 1.807) is 29.2 Å². The Morgan fingerprint density at radius 1 is 1.35 bits per heavy atom. The first-order chi connectivity index (χ1) is 9.69. The van der Waals surface area contributed by atoms with Gasteiger partial charge >= 0.3 is 5.97 Å². The predicted molar refractivity (Wildman–Crippen MR) is 83.5 cm³/mol. The van der Waals surface area contributed by atoms with Gasteiger partial charge in [-0.1, -0.05) is 0 Å². The number of thiophene rings is 1. The third kappa shape index (κ3) is 4.15. The lowest BCUT2D eigenvalue weighted by Gasteiger charge is -2.06. The molecular weight excluding hydrogens is 292 g/mol. The molecule has 0 unspecified atom stereocenters. The number of rotatable bonds is 6. The van der Waals surface area contributed by atoms with Crippen LogP contribution in [0.4, 0.5) is 0 Å². The highest BCUT2D eigenvalue weighted by Crippen LogP contribution is 2.23. The second-order valence-electron chi connectivity index (χ2n) is 3.93. The molecular formula is C15H14O3S2. The van der Waals surface area contributed by atoms with Gasteiger partial charge in [0.2, 0.25) is 0 Å². The molecule has 0 saturated heterocycles. The second kappa shape index (κ2) is 7.17. The maximum Gasteiger partial charge on any atom is 0.328 e. The molecule has 1 heterocycles. The summed E-state index contributed by atoms with van der Waals surface area (Å²) >= 11 is 3.24. The summed E-state index contributed by atoms with van der Waals surface area (Å²) in [7, 11) is 0. The van der Waals surface area contributed by atoms with Crippen molar-refractivity contribution >= 4 is 35.1 Å². The molecule has 0 amide bonds. The Balaban J connectivity index is 2.00. The van der Waals surface area contributed by atoms with Gasteiger partial charge in [0, 0.05) is 15.8 Å². The molecule has 0 bridgehead atoms. The van der Waals surface area contributed by atoms with Crippen LogP contribution in [0.1, 0.15) is 10.4 Å². The largest absolute Gasteiger partial charge is 0.488 e. The van der Waals surface area contributed by atoms with Crippen molar-refractivity contribution in [2.75, 3.05) is 6.26 Å². The van der Waals surface area contributed by atoms with Crippen LogP contribution < -0.4 is 4.74 Å². The van der Waals surface area contributed by atoms with E-state index in [0.29, 0.717) is 6.61 Å². The molecule has 0 aliphatic carbocycles. The Labute approximate surface area is 125 Å². The summed E-state index contributed by atoms with van der Waals surface area (Å²) in [4.78, 5) is 12.7. The Morgan fingerprint density at radius 3 is 2.75 bits per heavy atom. The first-order valence-corrected chi connectivity index (χ1v) is 8.03. The first kappa shape index (κ1) is 14.7. The Kier molecular flexibility index (Phi) is 5.26. The topological polar surface area (TPSA) is 46.5 Å². The van der Waals surface area contributed by atoms with Crippen molar-refractivity contribution in [3.8, 4) is 5.75 Å². The second-order valence-corrected chi connectivity index (χ2v) is 5.82. The lowest BCUT2D eigenvalue weighted by molar-refractivity contribution is -0.131. The van der Waals surface area contributed by atoms with E-state index in [0.717, 1.165) is 22.3 Å². The third-order valence-corrected chi connectivity index (χ3v) is 4.27. The molecule has 0 aliphatic rings. The summed E-state index contributed by atoms with van der Waals surface area (Å²) in [5, 5.41) is 10.6. The molecule has 0 saturated carbocycles. The SMILES string of the molecule is CSc1ccc(OCc2sccc2C=CC(=O)O)cc1. The minimum absolute atomic E-state index is 0.440. The molecule has 0 fully saturated rings. The highest BCUT2D eigenvalue weighted by atomic mass is 32.2. The number of benzene rings is 1. The van der Waals surface area contributed by atoms with Crippen molar-refractivity contribution in [2.24, 2.45) is 0 Å². The first-order valence-electron chi connectivity index (χ1n) is 5.93. The summed E-state index contributed by atoms with van der Waals surface area (Å²) < 4.78 is 5.72. The highest BCUT2D eigenvalue weighted by Gasteiger charge is 2.03. The van der Waals surface area contributed by atoms with Gasteiger partial charge in [-0.3, -0.25) is 0 Å². The van der Waals surface area contributed by atoms with E-state index in [9.17, 15) is 4.79 Å². The third-order valence-electron chi connectivity index (χ3n) is 2.61. The van der Waals surface area contributed by atoms with Gasteiger partial charge in [-0.05, 0) is 53.6 Å². The number of aliphatic carboxylic acids is 1. The number of carboxylic acid groups (broad SMARTS) is 1. The van der Waals surface area contributed by atoms with Gasteiger partial charge in [0.15, 0.2) is 0 Å². The molecule has 0 radical (unpaired) electrons. The minimum atomic E-state index is -0.948. The highest BCUT2D eigenvalue weighted by molar-refractivity contribution is 7.98. The van der Waals surface area contributed by atoms with Crippen molar-refractivity contribution < 1.29 is 14.6 Å². The van der Waals surface area contributed by atoms with Gasteiger partial charge < -0.3 is 9.84 Å². The quantitative estimate of drug-likeness (QED) is 0.643. The maximum atomic E-state index is 10.5.